The highest BCUT2D eigenvalue weighted by Crippen LogP contribution is 2.22. The van der Waals surface area contributed by atoms with Gasteiger partial charge in [0.15, 0.2) is 0 Å². The van der Waals surface area contributed by atoms with Gasteiger partial charge >= 0.3 is 5.97 Å². The van der Waals surface area contributed by atoms with Crippen LogP contribution in [0.3, 0.4) is 0 Å². The first-order valence-electron chi connectivity index (χ1n) is 5.22. The molecule has 0 radical (unpaired) electrons. The van der Waals surface area contributed by atoms with Crippen molar-refractivity contribution >= 4 is 21.9 Å². The van der Waals surface area contributed by atoms with Crippen LogP contribution < -0.4 is 5.73 Å². The summed E-state index contributed by atoms with van der Waals surface area (Å²) in [5, 5.41) is 8.66. The summed E-state index contributed by atoms with van der Waals surface area (Å²) in [7, 11) is 0. The Morgan fingerprint density at radius 2 is 2.00 bits per heavy atom. The van der Waals surface area contributed by atoms with Crippen LogP contribution in [0.2, 0.25) is 0 Å². The van der Waals surface area contributed by atoms with Crippen molar-refractivity contribution in [3.63, 3.8) is 0 Å². The monoisotopic (exact) mass is 285 g/mol. The smallest absolute Gasteiger partial charge is 0.303 e. The molecule has 0 fully saturated rings. The molecule has 1 aromatic carbocycles. The lowest BCUT2D eigenvalue weighted by Crippen LogP contribution is -2.15. The van der Waals surface area contributed by atoms with Crippen LogP contribution in [0.5, 0.6) is 0 Å². The lowest BCUT2D eigenvalue weighted by molar-refractivity contribution is -0.138. The molecule has 2 unspecified atom stereocenters. The summed E-state index contributed by atoms with van der Waals surface area (Å²) in [6.07, 6.45) is 0.859. The lowest BCUT2D eigenvalue weighted by Gasteiger charge is -2.16. The SMILES string of the molecule is CC(CC(=O)O)CC(N)c1ccc(Br)cc1. The maximum Gasteiger partial charge on any atom is 0.303 e. The zero-order chi connectivity index (χ0) is 12.1. The Hall–Kier alpha value is -0.870. The molecule has 0 saturated carbocycles. The predicted octanol–water partition coefficient (Wildman–Crippen LogP) is 2.95. The van der Waals surface area contributed by atoms with E-state index in [1.54, 1.807) is 0 Å². The van der Waals surface area contributed by atoms with Crippen molar-refractivity contribution in [2.45, 2.75) is 25.8 Å². The molecule has 1 rings (SSSR count). The Balaban J connectivity index is 2.54. The molecule has 0 aliphatic carbocycles. The number of rotatable bonds is 5. The quantitative estimate of drug-likeness (QED) is 0.874. The van der Waals surface area contributed by atoms with Gasteiger partial charge in [-0.25, -0.2) is 0 Å². The van der Waals surface area contributed by atoms with Crippen LogP contribution in [-0.2, 0) is 4.79 Å². The minimum Gasteiger partial charge on any atom is -0.481 e. The molecule has 0 spiro atoms. The first-order chi connectivity index (χ1) is 7.49. The molecule has 0 aromatic heterocycles. The van der Waals surface area contributed by atoms with Gasteiger partial charge in [-0.3, -0.25) is 4.79 Å². The van der Waals surface area contributed by atoms with E-state index in [0.717, 1.165) is 10.0 Å². The highest BCUT2D eigenvalue weighted by molar-refractivity contribution is 9.10. The highest BCUT2D eigenvalue weighted by Gasteiger charge is 2.13. The molecule has 3 N–H and O–H groups in total. The van der Waals surface area contributed by atoms with Gasteiger partial charge in [0.1, 0.15) is 0 Å². The first kappa shape index (κ1) is 13.2. The number of carboxylic acid groups (broad SMARTS) is 1. The fourth-order valence-corrected chi connectivity index (χ4v) is 1.93. The number of benzene rings is 1. The van der Waals surface area contributed by atoms with E-state index in [4.69, 9.17) is 10.8 Å². The Morgan fingerprint density at radius 1 is 1.44 bits per heavy atom. The third kappa shape index (κ3) is 4.33. The largest absolute Gasteiger partial charge is 0.481 e. The van der Waals surface area contributed by atoms with E-state index in [1.165, 1.54) is 0 Å². The molecule has 88 valence electrons. The van der Waals surface area contributed by atoms with Gasteiger partial charge in [-0.15, -0.1) is 0 Å². The molecule has 0 bridgehead atoms. The molecular formula is C12H16BrNO2. The number of aliphatic carboxylic acids is 1. The Morgan fingerprint density at radius 3 is 2.50 bits per heavy atom. The fourth-order valence-electron chi connectivity index (χ4n) is 1.66. The average Bonchev–Trinajstić information content (AvgIpc) is 2.16. The molecular weight excluding hydrogens is 270 g/mol. The standard InChI is InChI=1S/C12H16BrNO2/c1-8(7-12(15)16)6-11(14)9-2-4-10(13)5-3-9/h2-5,8,11H,6-7,14H2,1H3,(H,15,16). The summed E-state index contributed by atoms with van der Waals surface area (Å²) >= 11 is 3.36. The zero-order valence-corrected chi connectivity index (χ0v) is 10.8. The predicted molar refractivity (Wildman–Crippen MR) is 67.1 cm³/mol. The first-order valence-corrected chi connectivity index (χ1v) is 6.01. The highest BCUT2D eigenvalue weighted by atomic mass is 79.9. The summed E-state index contributed by atoms with van der Waals surface area (Å²) < 4.78 is 1.02. The summed E-state index contributed by atoms with van der Waals surface area (Å²) in [6, 6.07) is 7.71. The summed E-state index contributed by atoms with van der Waals surface area (Å²) in [5.41, 5.74) is 7.06. The van der Waals surface area contributed by atoms with Gasteiger partial charge in [0.05, 0.1) is 0 Å². The van der Waals surface area contributed by atoms with Gasteiger partial charge in [0, 0.05) is 16.9 Å². The normalized spacial score (nSPS) is 14.4. The number of nitrogens with two attached hydrogens (primary N) is 1. The molecule has 16 heavy (non-hydrogen) atoms. The van der Waals surface area contributed by atoms with Gasteiger partial charge in [0.2, 0.25) is 0 Å². The van der Waals surface area contributed by atoms with Gasteiger partial charge in [-0.1, -0.05) is 35.0 Å². The van der Waals surface area contributed by atoms with Crippen molar-refractivity contribution in [1.82, 2.24) is 0 Å². The van der Waals surface area contributed by atoms with E-state index in [1.807, 2.05) is 31.2 Å². The molecule has 0 aliphatic rings. The average molecular weight is 286 g/mol. The van der Waals surface area contributed by atoms with Crippen LogP contribution in [0.1, 0.15) is 31.4 Å². The van der Waals surface area contributed by atoms with Gasteiger partial charge in [0.25, 0.3) is 0 Å². The second-order valence-electron chi connectivity index (χ2n) is 4.10. The number of hydrogen-bond acceptors (Lipinski definition) is 2. The van der Waals surface area contributed by atoms with Crippen molar-refractivity contribution in [3.8, 4) is 0 Å². The topological polar surface area (TPSA) is 63.3 Å². The maximum absolute atomic E-state index is 10.5. The third-order valence-corrected chi connectivity index (χ3v) is 3.01. The van der Waals surface area contributed by atoms with E-state index < -0.39 is 5.97 Å². The van der Waals surface area contributed by atoms with E-state index >= 15 is 0 Å². The Bertz CT molecular complexity index is 351. The van der Waals surface area contributed by atoms with Crippen molar-refractivity contribution in [2.24, 2.45) is 11.7 Å². The van der Waals surface area contributed by atoms with Crippen molar-refractivity contribution in [1.29, 1.82) is 0 Å². The van der Waals surface area contributed by atoms with Crippen molar-refractivity contribution in [2.75, 3.05) is 0 Å². The minimum atomic E-state index is -0.768. The number of halogens is 1. The fraction of sp³-hybridized carbons (Fsp3) is 0.417. The van der Waals surface area contributed by atoms with Crippen LogP contribution in [0, 0.1) is 5.92 Å². The molecule has 0 aliphatic heterocycles. The molecule has 0 heterocycles. The molecule has 4 heteroatoms. The minimum absolute atomic E-state index is 0.0937. The number of hydrogen-bond donors (Lipinski definition) is 2. The summed E-state index contributed by atoms with van der Waals surface area (Å²) in [6.45, 7) is 1.91. The Labute approximate surface area is 104 Å². The van der Waals surface area contributed by atoms with E-state index in [0.29, 0.717) is 6.42 Å². The van der Waals surface area contributed by atoms with Crippen LogP contribution in [0.25, 0.3) is 0 Å². The van der Waals surface area contributed by atoms with Crippen molar-refractivity contribution < 1.29 is 9.90 Å². The molecule has 1 aromatic rings. The van der Waals surface area contributed by atoms with Gasteiger partial charge in [-0.05, 0) is 30.0 Å². The maximum atomic E-state index is 10.5. The Kier molecular flexibility index (Phi) is 4.96. The lowest BCUT2D eigenvalue weighted by atomic mass is 9.94. The van der Waals surface area contributed by atoms with Crippen LogP contribution in [-0.4, -0.2) is 11.1 Å². The van der Waals surface area contributed by atoms with Gasteiger partial charge in [-0.2, -0.15) is 0 Å². The number of carbonyl (C=O) groups is 1. The third-order valence-electron chi connectivity index (χ3n) is 2.48. The summed E-state index contributed by atoms with van der Waals surface area (Å²) in [4.78, 5) is 10.5. The van der Waals surface area contributed by atoms with Crippen LogP contribution in [0.4, 0.5) is 0 Å². The van der Waals surface area contributed by atoms with E-state index in [2.05, 4.69) is 15.9 Å². The molecule has 0 saturated heterocycles. The van der Waals surface area contributed by atoms with Crippen molar-refractivity contribution in [3.05, 3.63) is 34.3 Å². The van der Waals surface area contributed by atoms with E-state index in [9.17, 15) is 4.79 Å². The van der Waals surface area contributed by atoms with E-state index in [-0.39, 0.29) is 18.4 Å². The molecule has 0 amide bonds. The number of carboxylic acids is 1. The molecule has 3 nitrogen and oxygen atoms in total. The second-order valence-corrected chi connectivity index (χ2v) is 5.01. The second kappa shape index (κ2) is 6.01. The van der Waals surface area contributed by atoms with Crippen LogP contribution in [0.15, 0.2) is 28.7 Å². The zero-order valence-electron chi connectivity index (χ0n) is 9.19. The van der Waals surface area contributed by atoms with Gasteiger partial charge < -0.3 is 10.8 Å². The summed E-state index contributed by atoms with van der Waals surface area (Å²) in [5.74, 6) is -0.674. The molecule has 2 atom stereocenters. The van der Waals surface area contributed by atoms with Crippen LogP contribution >= 0.6 is 15.9 Å².